The highest BCUT2D eigenvalue weighted by molar-refractivity contribution is 7.88. The lowest BCUT2D eigenvalue weighted by atomic mass is 9.77. The third-order valence-corrected chi connectivity index (χ3v) is 7.35. The first kappa shape index (κ1) is 21.1. The molecule has 0 spiro atoms. The Labute approximate surface area is 167 Å². The number of ether oxygens (including phenoxy) is 1. The van der Waals surface area contributed by atoms with Gasteiger partial charge in [-0.25, -0.2) is 8.42 Å². The summed E-state index contributed by atoms with van der Waals surface area (Å²) >= 11 is 0. The van der Waals surface area contributed by atoms with Crippen molar-refractivity contribution in [3.8, 4) is 5.75 Å². The Morgan fingerprint density at radius 3 is 2.64 bits per heavy atom. The minimum absolute atomic E-state index is 0.156. The van der Waals surface area contributed by atoms with E-state index in [-0.39, 0.29) is 6.04 Å². The Morgan fingerprint density at radius 1 is 1.29 bits per heavy atom. The molecule has 0 aliphatic carbocycles. The van der Waals surface area contributed by atoms with Gasteiger partial charge in [0.15, 0.2) is 0 Å². The molecule has 2 fully saturated rings. The molecule has 4 rings (SSSR count). The highest BCUT2D eigenvalue weighted by Gasteiger charge is 2.44. The summed E-state index contributed by atoms with van der Waals surface area (Å²) in [6.45, 7) is 3.85. The second kappa shape index (κ2) is 8.39. The molecular weight excluding hydrogens is 380 g/mol. The fourth-order valence-electron chi connectivity index (χ4n) is 4.93. The molecule has 0 amide bonds. The molecule has 1 aromatic carbocycles. The molecule has 3 atom stereocenters. The van der Waals surface area contributed by atoms with Crippen molar-refractivity contribution in [2.24, 2.45) is 5.92 Å². The van der Waals surface area contributed by atoms with Gasteiger partial charge >= 0.3 is 0 Å². The van der Waals surface area contributed by atoms with E-state index in [2.05, 4.69) is 17.0 Å². The Balaban J connectivity index is 0.000000516. The normalized spacial score (nSPS) is 27.5. The van der Waals surface area contributed by atoms with Crippen LogP contribution >= 0.6 is 0 Å². The van der Waals surface area contributed by atoms with Crippen LogP contribution in [0.25, 0.3) is 0 Å². The predicted octanol–water partition coefficient (Wildman–Crippen LogP) is 2.13. The number of aliphatic carboxylic acids is 1. The SMILES string of the molecule is CC(=O)O.COc1ccc2c(c1)CCN1C[C@H]3CCCN(S(C)(=O)=O)[C@H]3C[C@@H]21. The molecule has 0 radical (unpaired) electrons. The van der Waals surface area contributed by atoms with E-state index in [1.54, 1.807) is 11.4 Å². The number of fused-ring (bicyclic) bond motifs is 4. The molecule has 0 bridgehead atoms. The number of carboxylic acid groups (broad SMARTS) is 1. The smallest absolute Gasteiger partial charge is 0.300 e. The van der Waals surface area contributed by atoms with Crippen LogP contribution in [0.2, 0.25) is 0 Å². The molecule has 7 nitrogen and oxygen atoms in total. The number of hydrogen-bond acceptors (Lipinski definition) is 5. The van der Waals surface area contributed by atoms with Crippen LogP contribution in [0.1, 0.15) is 43.4 Å². The van der Waals surface area contributed by atoms with Crippen LogP contribution in [0.15, 0.2) is 18.2 Å². The molecule has 0 saturated carbocycles. The first-order valence-corrected chi connectivity index (χ1v) is 11.6. The zero-order chi connectivity index (χ0) is 20.5. The number of piperidine rings is 2. The summed E-state index contributed by atoms with van der Waals surface area (Å²) in [6, 6.07) is 6.85. The Hall–Kier alpha value is -1.64. The first-order chi connectivity index (χ1) is 13.2. The number of benzene rings is 1. The lowest BCUT2D eigenvalue weighted by Crippen LogP contribution is -2.57. The van der Waals surface area contributed by atoms with Gasteiger partial charge in [-0.2, -0.15) is 4.31 Å². The van der Waals surface area contributed by atoms with Crippen molar-refractivity contribution in [1.82, 2.24) is 9.21 Å². The fraction of sp³-hybridized carbons (Fsp3) is 0.650. The second-order valence-electron chi connectivity index (χ2n) is 7.92. The van der Waals surface area contributed by atoms with Gasteiger partial charge in [-0.15, -0.1) is 0 Å². The molecule has 156 valence electrons. The molecule has 3 heterocycles. The summed E-state index contributed by atoms with van der Waals surface area (Å²) in [6.07, 6.45) is 5.46. The number of hydrogen-bond donors (Lipinski definition) is 1. The van der Waals surface area contributed by atoms with Crippen molar-refractivity contribution in [2.75, 3.05) is 33.0 Å². The van der Waals surface area contributed by atoms with Gasteiger partial charge in [-0.05, 0) is 54.9 Å². The zero-order valence-electron chi connectivity index (χ0n) is 16.8. The van der Waals surface area contributed by atoms with Crippen LogP contribution in [0.5, 0.6) is 5.75 Å². The topological polar surface area (TPSA) is 87.2 Å². The van der Waals surface area contributed by atoms with Crippen LogP contribution < -0.4 is 4.74 Å². The molecule has 2 saturated heterocycles. The van der Waals surface area contributed by atoms with Gasteiger partial charge in [0.1, 0.15) is 5.75 Å². The number of carbonyl (C=O) groups is 1. The van der Waals surface area contributed by atoms with Crippen LogP contribution in [0.4, 0.5) is 0 Å². The van der Waals surface area contributed by atoms with Crippen molar-refractivity contribution in [2.45, 2.75) is 44.7 Å². The Morgan fingerprint density at radius 2 is 2.00 bits per heavy atom. The third kappa shape index (κ3) is 4.50. The molecule has 1 N–H and O–H groups in total. The van der Waals surface area contributed by atoms with E-state index in [4.69, 9.17) is 14.6 Å². The van der Waals surface area contributed by atoms with E-state index in [1.165, 1.54) is 17.4 Å². The molecule has 3 aliphatic rings. The molecule has 0 unspecified atom stereocenters. The van der Waals surface area contributed by atoms with Crippen molar-refractivity contribution >= 4 is 16.0 Å². The standard InChI is InChI=1S/C18H26N2O3S.C2H4O2/c1-23-15-5-6-16-13(10-15)7-9-19-12-14-4-3-8-20(24(2,21)22)17(14)11-18(16)19;1-2(3)4/h5-6,10,14,17-18H,3-4,7-9,11-12H2,1-2H3;1H3,(H,3,4)/t14-,17+,18+;/m1./s1. The maximum absolute atomic E-state index is 12.2. The van der Waals surface area contributed by atoms with Crippen LogP contribution in [-0.2, 0) is 21.2 Å². The molecule has 8 heteroatoms. The minimum atomic E-state index is -3.13. The quantitative estimate of drug-likeness (QED) is 0.804. The maximum atomic E-state index is 12.2. The van der Waals surface area contributed by atoms with Gasteiger partial charge in [0.25, 0.3) is 5.97 Å². The van der Waals surface area contributed by atoms with E-state index < -0.39 is 16.0 Å². The summed E-state index contributed by atoms with van der Waals surface area (Å²) in [4.78, 5) is 11.6. The summed E-state index contributed by atoms with van der Waals surface area (Å²) < 4.78 is 31.6. The molecule has 28 heavy (non-hydrogen) atoms. The highest BCUT2D eigenvalue weighted by Crippen LogP contribution is 2.43. The molecule has 3 aliphatic heterocycles. The molecular formula is C20H30N2O5S. The summed E-state index contributed by atoms with van der Waals surface area (Å²) in [5.41, 5.74) is 2.72. The third-order valence-electron chi connectivity index (χ3n) is 6.05. The van der Waals surface area contributed by atoms with Crippen molar-refractivity contribution in [1.29, 1.82) is 0 Å². The second-order valence-corrected chi connectivity index (χ2v) is 9.86. The lowest BCUT2D eigenvalue weighted by Gasteiger charge is -2.51. The average molecular weight is 411 g/mol. The van der Waals surface area contributed by atoms with Gasteiger partial charge in [0.2, 0.25) is 10.0 Å². The largest absolute Gasteiger partial charge is 0.497 e. The number of nitrogens with zero attached hydrogens (tertiary/aromatic N) is 2. The minimum Gasteiger partial charge on any atom is -0.497 e. The van der Waals surface area contributed by atoms with Crippen LogP contribution in [0.3, 0.4) is 0 Å². The summed E-state index contributed by atoms with van der Waals surface area (Å²) in [5, 5.41) is 7.42. The average Bonchev–Trinajstić information content (AvgIpc) is 2.64. The maximum Gasteiger partial charge on any atom is 0.300 e. The van der Waals surface area contributed by atoms with Gasteiger partial charge in [0, 0.05) is 38.6 Å². The van der Waals surface area contributed by atoms with Gasteiger partial charge in [-0.3, -0.25) is 9.69 Å². The summed E-state index contributed by atoms with van der Waals surface area (Å²) in [7, 11) is -1.42. The monoisotopic (exact) mass is 410 g/mol. The van der Waals surface area contributed by atoms with Gasteiger partial charge in [-0.1, -0.05) is 6.07 Å². The number of rotatable bonds is 2. The number of carboxylic acids is 1. The van der Waals surface area contributed by atoms with Crippen molar-refractivity contribution in [3.63, 3.8) is 0 Å². The van der Waals surface area contributed by atoms with Crippen molar-refractivity contribution < 1.29 is 23.1 Å². The van der Waals surface area contributed by atoms with Crippen LogP contribution in [-0.4, -0.2) is 67.7 Å². The van der Waals surface area contributed by atoms with Gasteiger partial charge in [0.05, 0.1) is 13.4 Å². The lowest BCUT2D eigenvalue weighted by molar-refractivity contribution is -0.134. The number of methoxy groups -OCH3 is 1. The van der Waals surface area contributed by atoms with E-state index in [1.807, 2.05) is 6.07 Å². The zero-order valence-corrected chi connectivity index (χ0v) is 17.6. The van der Waals surface area contributed by atoms with Gasteiger partial charge < -0.3 is 9.84 Å². The highest BCUT2D eigenvalue weighted by atomic mass is 32.2. The molecule has 0 aromatic heterocycles. The Bertz CT molecular complexity index is 822. The van der Waals surface area contributed by atoms with Crippen LogP contribution in [0, 0.1) is 5.92 Å². The van der Waals surface area contributed by atoms with E-state index >= 15 is 0 Å². The van der Waals surface area contributed by atoms with E-state index in [0.29, 0.717) is 18.5 Å². The van der Waals surface area contributed by atoms with E-state index in [9.17, 15) is 8.42 Å². The fourth-order valence-corrected chi connectivity index (χ4v) is 6.14. The first-order valence-electron chi connectivity index (χ1n) is 9.78. The number of sulfonamides is 1. The Kier molecular flexibility index (Phi) is 6.31. The summed E-state index contributed by atoms with van der Waals surface area (Å²) in [5.74, 6) is 0.552. The molecule has 1 aromatic rings. The van der Waals surface area contributed by atoms with E-state index in [0.717, 1.165) is 51.4 Å². The predicted molar refractivity (Wildman–Crippen MR) is 107 cm³/mol. The van der Waals surface area contributed by atoms with Crippen molar-refractivity contribution in [3.05, 3.63) is 29.3 Å².